The number of hydrogen-bond donors (Lipinski definition) is 1. The van der Waals surface area contributed by atoms with Crippen molar-refractivity contribution >= 4 is 17.6 Å². The van der Waals surface area contributed by atoms with Crippen LogP contribution in [0.3, 0.4) is 0 Å². The molecule has 4 rings (SSSR count). The van der Waals surface area contributed by atoms with Crippen LogP contribution < -0.4 is 9.62 Å². The average Bonchev–Trinajstić information content (AvgIpc) is 3.38. The molecular formula is C26H36F2N4OS. The molecule has 1 aliphatic rings. The number of hydrogen-bond acceptors (Lipinski definition) is 6. The van der Waals surface area contributed by atoms with Gasteiger partial charge < -0.3 is 14.0 Å². The highest BCUT2D eigenvalue weighted by atomic mass is 32.2. The maximum absolute atomic E-state index is 12.7. The highest BCUT2D eigenvalue weighted by Gasteiger charge is 2.20. The number of alkyl halides is 2. The summed E-state index contributed by atoms with van der Waals surface area (Å²) in [6, 6.07) is 16.2. The van der Waals surface area contributed by atoms with Crippen molar-refractivity contribution in [1.82, 2.24) is 15.5 Å². The zero-order valence-electron chi connectivity index (χ0n) is 20.7. The van der Waals surface area contributed by atoms with E-state index in [4.69, 9.17) is 4.42 Å². The van der Waals surface area contributed by atoms with Crippen molar-refractivity contribution < 1.29 is 13.2 Å². The molecule has 0 unspecified atom stereocenters. The van der Waals surface area contributed by atoms with Crippen molar-refractivity contribution in [1.29, 1.82) is 0 Å². The lowest BCUT2D eigenvalue weighted by Gasteiger charge is -2.30. The molecule has 0 saturated carbocycles. The summed E-state index contributed by atoms with van der Waals surface area (Å²) in [5, 5.41) is 11.1. The molecular weight excluding hydrogens is 454 g/mol. The van der Waals surface area contributed by atoms with Gasteiger partial charge in [-0.25, -0.2) is 0 Å². The van der Waals surface area contributed by atoms with Crippen LogP contribution in [0.4, 0.5) is 14.5 Å². The van der Waals surface area contributed by atoms with Crippen molar-refractivity contribution in [3.05, 3.63) is 65.5 Å². The molecule has 2 aromatic carbocycles. The molecule has 34 heavy (non-hydrogen) atoms. The number of aryl methyl sites for hydroxylation is 1. The minimum atomic E-state index is -2.76. The van der Waals surface area contributed by atoms with E-state index < -0.39 is 12.3 Å². The van der Waals surface area contributed by atoms with Crippen LogP contribution >= 0.6 is 11.9 Å². The maximum atomic E-state index is 12.7. The molecule has 1 aliphatic heterocycles. The molecule has 0 radical (unpaired) electrons. The van der Waals surface area contributed by atoms with E-state index in [0.717, 1.165) is 38.0 Å². The minimum Gasteiger partial charge on any atom is -0.415 e. The van der Waals surface area contributed by atoms with Gasteiger partial charge in [0, 0.05) is 16.5 Å². The molecule has 2 heterocycles. The van der Waals surface area contributed by atoms with Gasteiger partial charge in [0.2, 0.25) is 5.89 Å². The maximum Gasteiger partial charge on any atom is 0.314 e. The summed E-state index contributed by atoms with van der Waals surface area (Å²) in [5.74, 6) is -0.547. The van der Waals surface area contributed by atoms with Crippen LogP contribution in [0.15, 0.2) is 52.9 Å². The standard InChI is InChI=1S/C22H24F2N4OS.2C2H6/c1-15-3-2-4-18(13-15)28(30-19-9-11-25-12-10-19)14-16-5-7-17(8-6-16)21-26-27-22(29-21)20(23)24;2*1-2/h2-8,13,19-20,25H,9-12,14H2,1H3;2*1-2H3. The van der Waals surface area contributed by atoms with Gasteiger partial charge in [-0.05, 0) is 80.2 Å². The fourth-order valence-corrected chi connectivity index (χ4v) is 4.68. The molecule has 0 amide bonds. The first-order valence-corrected chi connectivity index (χ1v) is 12.8. The fraction of sp³-hybridized carbons (Fsp3) is 0.462. The second kappa shape index (κ2) is 14.7. The Kier molecular flexibility index (Phi) is 12.0. The first-order valence-electron chi connectivity index (χ1n) is 12.0. The summed E-state index contributed by atoms with van der Waals surface area (Å²) in [7, 11) is 0. The van der Waals surface area contributed by atoms with Crippen molar-refractivity contribution in [3.63, 3.8) is 0 Å². The molecule has 1 saturated heterocycles. The number of nitrogens with one attached hydrogen (secondary N) is 1. The summed E-state index contributed by atoms with van der Waals surface area (Å²) in [4.78, 5) is 0. The molecule has 5 nitrogen and oxygen atoms in total. The van der Waals surface area contributed by atoms with Crippen LogP contribution in [0.25, 0.3) is 11.5 Å². The number of piperidine rings is 1. The fourth-order valence-electron chi connectivity index (χ4n) is 3.41. The Balaban J connectivity index is 0.000000970. The summed E-state index contributed by atoms with van der Waals surface area (Å²) in [6.45, 7) is 13.0. The normalized spacial score (nSPS) is 13.5. The Hall–Kier alpha value is -2.45. The first-order chi connectivity index (χ1) is 16.6. The number of halogens is 2. The highest BCUT2D eigenvalue weighted by Crippen LogP contribution is 2.32. The van der Waals surface area contributed by atoms with Gasteiger partial charge in [-0.2, -0.15) is 8.78 Å². The zero-order valence-corrected chi connectivity index (χ0v) is 21.5. The molecule has 1 aromatic heterocycles. The third-order valence-corrected chi connectivity index (χ3v) is 6.37. The molecule has 1 fully saturated rings. The summed E-state index contributed by atoms with van der Waals surface area (Å²) >= 11 is 1.90. The highest BCUT2D eigenvalue weighted by molar-refractivity contribution is 8.01. The van der Waals surface area contributed by atoms with E-state index in [2.05, 4.69) is 51.0 Å². The van der Waals surface area contributed by atoms with E-state index in [9.17, 15) is 8.78 Å². The van der Waals surface area contributed by atoms with Crippen LogP contribution in [0, 0.1) is 6.92 Å². The number of benzene rings is 2. The van der Waals surface area contributed by atoms with Crippen molar-refractivity contribution in [2.75, 3.05) is 17.4 Å². The van der Waals surface area contributed by atoms with Gasteiger partial charge in [-0.1, -0.05) is 52.0 Å². The lowest BCUT2D eigenvalue weighted by Crippen LogP contribution is -2.31. The predicted molar refractivity (Wildman–Crippen MR) is 138 cm³/mol. The minimum absolute atomic E-state index is 0.108. The molecule has 8 heteroatoms. The van der Waals surface area contributed by atoms with Gasteiger partial charge >= 0.3 is 6.43 Å². The second-order valence-corrected chi connectivity index (χ2v) is 8.69. The first kappa shape index (κ1) is 27.8. The molecule has 0 bridgehead atoms. The topological polar surface area (TPSA) is 54.2 Å². The Labute approximate surface area is 206 Å². The van der Waals surface area contributed by atoms with Crippen molar-refractivity contribution in [2.45, 2.75) is 65.7 Å². The van der Waals surface area contributed by atoms with Gasteiger partial charge in [-0.3, -0.25) is 0 Å². The van der Waals surface area contributed by atoms with Gasteiger partial charge in [0.1, 0.15) is 0 Å². The number of aromatic nitrogens is 2. The van der Waals surface area contributed by atoms with E-state index in [1.165, 1.54) is 11.3 Å². The summed E-state index contributed by atoms with van der Waals surface area (Å²) in [6.07, 6.45) is -0.467. The van der Waals surface area contributed by atoms with Crippen molar-refractivity contribution in [2.24, 2.45) is 0 Å². The van der Waals surface area contributed by atoms with Crippen LogP contribution in [0.5, 0.6) is 0 Å². The average molecular weight is 491 g/mol. The van der Waals surface area contributed by atoms with Gasteiger partial charge in [0.05, 0.1) is 6.54 Å². The Morgan fingerprint density at radius 1 is 1.03 bits per heavy atom. The summed E-state index contributed by atoms with van der Waals surface area (Å²) < 4.78 is 32.7. The number of rotatable bonds is 7. The van der Waals surface area contributed by atoms with Gasteiger partial charge in [0.25, 0.3) is 5.89 Å². The van der Waals surface area contributed by atoms with E-state index in [-0.39, 0.29) is 5.89 Å². The van der Waals surface area contributed by atoms with Gasteiger partial charge in [0.15, 0.2) is 0 Å². The molecule has 1 N–H and O–H groups in total. The number of anilines is 1. The quantitative estimate of drug-likeness (QED) is 0.347. The van der Waals surface area contributed by atoms with Crippen molar-refractivity contribution in [3.8, 4) is 11.5 Å². The van der Waals surface area contributed by atoms with Crippen LogP contribution in [-0.4, -0.2) is 28.5 Å². The molecule has 0 spiro atoms. The van der Waals surface area contributed by atoms with Crippen LogP contribution in [0.1, 0.15) is 64.0 Å². The van der Waals surface area contributed by atoms with E-state index in [0.29, 0.717) is 10.8 Å². The lowest BCUT2D eigenvalue weighted by molar-refractivity contribution is 0.116. The predicted octanol–water partition coefficient (Wildman–Crippen LogP) is 7.44. The van der Waals surface area contributed by atoms with E-state index in [1.54, 1.807) is 0 Å². The summed E-state index contributed by atoms with van der Waals surface area (Å²) in [5.41, 5.74) is 4.16. The molecule has 0 aliphatic carbocycles. The van der Waals surface area contributed by atoms with E-state index in [1.807, 2.05) is 63.9 Å². The SMILES string of the molecule is CC.CC.Cc1cccc(N(Cc2ccc(-c3nnc(C(F)F)o3)cc2)SC2CCNCC2)c1. The monoisotopic (exact) mass is 490 g/mol. The zero-order chi connectivity index (χ0) is 24.9. The van der Waals surface area contributed by atoms with Crippen LogP contribution in [0.2, 0.25) is 0 Å². The Morgan fingerprint density at radius 3 is 2.29 bits per heavy atom. The third-order valence-electron chi connectivity index (χ3n) is 5.01. The van der Waals surface area contributed by atoms with Gasteiger partial charge in [-0.15, -0.1) is 10.2 Å². The Bertz CT molecular complexity index is 959. The van der Waals surface area contributed by atoms with Crippen LogP contribution in [-0.2, 0) is 6.54 Å². The second-order valence-electron chi connectivity index (χ2n) is 7.37. The smallest absolute Gasteiger partial charge is 0.314 e. The molecule has 186 valence electrons. The molecule has 3 aromatic rings. The molecule has 0 atom stereocenters. The van der Waals surface area contributed by atoms with E-state index >= 15 is 0 Å². The Morgan fingerprint density at radius 2 is 1.71 bits per heavy atom. The lowest BCUT2D eigenvalue weighted by atomic mass is 10.1. The number of nitrogens with zero attached hydrogens (tertiary/aromatic N) is 3. The third kappa shape index (κ3) is 8.09. The largest absolute Gasteiger partial charge is 0.415 e.